The van der Waals surface area contributed by atoms with E-state index in [9.17, 15) is 0 Å². The first-order valence-electron chi connectivity index (χ1n) is 6.53. The van der Waals surface area contributed by atoms with Crippen LogP contribution in [0.2, 0.25) is 0 Å². The molecule has 0 spiro atoms. The van der Waals surface area contributed by atoms with E-state index < -0.39 is 0 Å². The van der Waals surface area contributed by atoms with Crippen LogP contribution < -0.4 is 5.32 Å². The van der Waals surface area contributed by atoms with Crippen LogP contribution in [0.4, 0.5) is 0 Å². The van der Waals surface area contributed by atoms with E-state index in [4.69, 9.17) is 5.26 Å². The molecule has 0 aromatic heterocycles. The van der Waals surface area contributed by atoms with E-state index in [1.54, 1.807) is 0 Å². The Bertz CT molecular complexity index is 310. The zero-order valence-electron chi connectivity index (χ0n) is 11.0. The van der Waals surface area contributed by atoms with Gasteiger partial charge in [-0.25, -0.2) is 0 Å². The maximum atomic E-state index is 8.84. The normalized spacial score (nSPS) is 41.9. The molecular formula is C14H24N2. The number of fused-ring (bicyclic) bond motifs is 2. The first kappa shape index (κ1) is 11.9. The molecule has 4 atom stereocenters. The Morgan fingerprint density at radius 2 is 2.12 bits per heavy atom. The summed E-state index contributed by atoms with van der Waals surface area (Å²) in [5.74, 6) is 1.01. The van der Waals surface area contributed by atoms with Gasteiger partial charge in [0, 0.05) is 12.6 Å². The van der Waals surface area contributed by atoms with Gasteiger partial charge in [-0.05, 0) is 42.9 Å². The van der Waals surface area contributed by atoms with Crippen molar-refractivity contribution in [3.8, 4) is 6.07 Å². The van der Waals surface area contributed by atoms with Crippen molar-refractivity contribution in [3.05, 3.63) is 0 Å². The first-order valence-corrected chi connectivity index (χ1v) is 6.53. The number of rotatable bonds is 3. The lowest BCUT2D eigenvalue weighted by atomic mass is 9.68. The fraction of sp³-hybridized carbons (Fsp3) is 0.929. The van der Waals surface area contributed by atoms with E-state index in [0.29, 0.717) is 16.9 Å². The van der Waals surface area contributed by atoms with Crippen molar-refractivity contribution in [2.75, 3.05) is 6.54 Å². The minimum Gasteiger partial charge on any atom is -0.312 e. The Morgan fingerprint density at radius 3 is 2.62 bits per heavy atom. The standard InChI is InChI=1S/C14H24N2/c1-10(8-15)9-16-12-13(2,3)11-5-6-14(12,4)7-11/h10-12,16H,5-7,9H2,1-4H3. The molecule has 90 valence electrons. The molecule has 0 radical (unpaired) electrons. The van der Waals surface area contributed by atoms with Crippen LogP contribution in [-0.2, 0) is 0 Å². The number of hydrogen-bond acceptors (Lipinski definition) is 2. The highest BCUT2D eigenvalue weighted by Crippen LogP contribution is 2.62. The molecule has 0 heterocycles. The van der Waals surface area contributed by atoms with Crippen LogP contribution in [0.5, 0.6) is 0 Å². The topological polar surface area (TPSA) is 35.8 Å². The van der Waals surface area contributed by atoms with Crippen LogP contribution in [0.25, 0.3) is 0 Å². The van der Waals surface area contributed by atoms with E-state index in [0.717, 1.165) is 12.5 Å². The van der Waals surface area contributed by atoms with Gasteiger partial charge in [0.1, 0.15) is 0 Å². The van der Waals surface area contributed by atoms with E-state index in [1.165, 1.54) is 19.3 Å². The van der Waals surface area contributed by atoms with E-state index >= 15 is 0 Å². The Hall–Kier alpha value is -0.550. The molecule has 0 aromatic carbocycles. The van der Waals surface area contributed by atoms with Gasteiger partial charge in [0.05, 0.1) is 12.0 Å². The third kappa shape index (κ3) is 1.66. The summed E-state index contributed by atoms with van der Waals surface area (Å²) in [6.45, 7) is 10.1. The van der Waals surface area contributed by atoms with Gasteiger partial charge in [-0.1, -0.05) is 20.8 Å². The molecule has 0 saturated heterocycles. The average Bonchev–Trinajstić information content (AvgIpc) is 2.68. The highest BCUT2D eigenvalue weighted by Gasteiger charge is 2.58. The fourth-order valence-corrected chi connectivity index (χ4v) is 4.15. The second-order valence-corrected chi connectivity index (χ2v) is 6.79. The minimum absolute atomic E-state index is 0.124. The van der Waals surface area contributed by atoms with Crippen molar-refractivity contribution >= 4 is 0 Å². The van der Waals surface area contributed by atoms with Crippen molar-refractivity contribution in [1.82, 2.24) is 5.32 Å². The third-order valence-electron chi connectivity index (χ3n) is 5.12. The SMILES string of the molecule is CC(C#N)CNC1C2(C)CCC(C2)C1(C)C. The number of hydrogen-bond donors (Lipinski definition) is 1. The second kappa shape index (κ2) is 3.74. The maximum Gasteiger partial charge on any atom is 0.0666 e. The molecule has 0 aliphatic heterocycles. The molecule has 0 amide bonds. The zero-order valence-corrected chi connectivity index (χ0v) is 11.0. The molecule has 2 nitrogen and oxygen atoms in total. The van der Waals surface area contributed by atoms with Crippen LogP contribution in [0.3, 0.4) is 0 Å². The molecule has 2 heteroatoms. The number of nitrogens with zero attached hydrogens (tertiary/aromatic N) is 1. The Balaban J connectivity index is 2.06. The molecule has 2 rings (SSSR count). The lowest BCUT2D eigenvalue weighted by Crippen LogP contribution is -2.51. The van der Waals surface area contributed by atoms with Crippen molar-refractivity contribution in [1.29, 1.82) is 5.26 Å². The van der Waals surface area contributed by atoms with Gasteiger partial charge < -0.3 is 5.32 Å². The molecule has 1 N–H and O–H groups in total. The molecule has 2 aliphatic rings. The van der Waals surface area contributed by atoms with Crippen LogP contribution in [0.15, 0.2) is 0 Å². The van der Waals surface area contributed by atoms with E-state index in [2.05, 4.69) is 32.2 Å². The third-order valence-corrected chi connectivity index (χ3v) is 5.12. The van der Waals surface area contributed by atoms with Crippen LogP contribution in [0, 0.1) is 34.0 Å². The summed E-state index contributed by atoms with van der Waals surface area (Å²) in [5, 5.41) is 12.5. The number of nitrogens with one attached hydrogen (secondary N) is 1. The highest BCUT2D eigenvalue weighted by atomic mass is 15.0. The summed E-state index contributed by atoms with van der Waals surface area (Å²) in [6, 6.07) is 2.90. The van der Waals surface area contributed by atoms with Crippen molar-refractivity contribution in [3.63, 3.8) is 0 Å². The largest absolute Gasteiger partial charge is 0.312 e. The summed E-state index contributed by atoms with van der Waals surface area (Å²) in [6.07, 6.45) is 4.13. The van der Waals surface area contributed by atoms with E-state index in [-0.39, 0.29) is 5.92 Å². The smallest absolute Gasteiger partial charge is 0.0666 e. The molecular weight excluding hydrogens is 196 g/mol. The van der Waals surface area contributed by atoms with Gasteiger partial charge in [0.25, 0.3) is 0 Å². The van der Waals surface area contributed by atoms with Crippen molar-refractivity contribution in [2.24, 2.45) is 22.7 Å². The van der Waals surface area contributed by atoms with Gasteiger partial charge in [0.15, 0.2) is 0 Å². The lowest BCUT2D eigenvalue weighted by molar-refractivity contribution is 0.108. The summed E-state index contributed by atoms with van der Waals surface area (Å²) >= 11 is 0. The Morgan fingerprint density at radius 1 is 1.44 bits per heavy atom. The summed E-state index contributed by atoms with van der Waals surface area (Å²) in [5.41, 5.74) is 0.880. The van der Waals surface area contributed by atoms with Crippen molar-refractivity contribution in [2.45, 2.75) is 53.0 Å². The maximum absolute atomic E-state index is 8.84. The molecule has 16 heavy (non-hydrogen) atoms. The van der Waals surface area contributed by atoms with Crippen molar-refractivity contribution < 1.29 is 0 Å². The predicted molar refractivity (Wildman–Crippen MR) is 65.8 cm³/mol. The molecule has 2 fully saturated rings. The Labute approximate surface area is 99.4 Å². The second-order valence-electron chi connectivity index (χ2n) is 6.79. The molecule has 2 aliphatic carbocycles. The molecule has 4 unspecified atom stereocenters. The summed E-state index contributed by atoms with van der Waals surface area (Å²) < 4.78 is 0. The molecule has 0 aromatic rings. The van der Waals surface area contributed by atoms with E-state index in [1.807, 2.05) is 6.92 Å². The van der Waals surface area contributed by atoms with Gasteiger partial charge in [0.2, 0.25) is 0 Å². The average molecular weight is 220 g/mol. The van der Waals surface area contributed by atoms with Crippen LogP contribution in [-0.4, -0.2) is 12.6 Å². The van der Waals surface area contributed by atoms with Crippen LogP contribution >= 0.6 is 0 Å². The quantitative estimate of drug-likeness (QED) is 0.793. The molecule has 2 bridgehead atoms. The van der Waals surface area contributed by atoms with Gasteiger partial charge in [-0.2, -0.15) is 5.26 Å². The summed E-state index contributed by atoms with van der Waals surface area (Å²) in [4.78, 5) is 0. The number of nitriles is 1. The van der Waals surface area contributed by atoms with Gasteiger partial charge in [-0.15, -0.1) is 0 Å². The van der Waals surface area contributed by atoms with Gasteiger partial charge >= 0.3 is 0 Å². The highest BCUT2D eigenvalue weighted by molar-refractivity contribution is 5.12. The van der Waals surface area contributed by atoms with Gasteiger partial charge in [-0.3, -0.25) is 0 Å². The Kier molecular flexibility index (Phi) is 2.78. The zero-order chi connectivity index (χ0) is 12.0. The fourth-order valence-electron chi connectivity index (χ4n) is 4.15. The van der Waals surface area contributed by atoms with Crippen LogP contribution in [0.1, 0.15) is 47.0 Å². The lowest BCUT2D eigenvalue weighted by Gasteiger charge is -2.43. The predicted octanol–water partition coefficient (Wildman–Crippen LogP) is 2.95. The first-order chi connectivity index (χ1) is 7.40. The minimum atomic E-state index is 0.124. The summed E-state index contributed by atoms with van der Waals surface area (Å²) in [7, 11) is 0. The monoisotopic (exact) mass is 220 g/mol. The molecule has 2 saturated carbocycles.